The SMILES string of the molecule is C/C=C1/NC(=O)[C@@H]2CSSCC/C=C/C(CC(=O)N[C@@H](C(C)C)C(=O)N2)OC(=O)[C@H](C(C)C)NC1=O. The highest BCUT2D eigenvalue weighted by Gasteiger charge is 2.33. The summed E-state index contributed by atoms with van der Waals surface area (Å²) in [6.07, 6.45) is 4.51. The third-order valence-electron chi connectivity index (χ3n) is 5.59. The van der Waals surface area contributed by atoms with Gasteiger partial charge in [0.15, 0.2) is 0 Å². The predicted octanol–water partition coefficient (Wildman–Crippen LogP) is 1.43. The van der Waals surface area contributed by atoms with Crippen LogP contribution in [0.15, 0.2) is 23.9 Å². The minimum absolute atomic E-state index is 0.0445. The molecule has 1 saturated heterocycles. The monoisotopic (exact) mass is 540 g/mol. The topological polar surface area (TPSA) is 143 Å². The number of esters is 1. The Balaban J connectivity index is 2.55. The van der Waals surface area contributed by atoms with Gasteiger partial charge in [-0.05, 0) is 31.3 Å². The van der Waals surface area contributed by atoms with Gasteiger partial charge in [0.25, 0.3) is 5.91 Å². The molecule has 4 amide bonds. The maximum atomic E-state index is 13.2. The van der Waals surface area contributed by atoms with E-state index in [-0.39, 0.29) is 29.7 Å². The molecule has 0 radical (unpaired) electrons. The van der Waals surface area contributed by atoms with Crippen molar-refractivity contribution in [3.63, 3.8) is 0 Å². The van der Waals surface area contributed by atoms with E-state index < -0.39 is 53.8 Å². The lowest BCUT2D eigenvalue weighted by atomic mass is 10.0. The quantitative estimate of drug-likeness (QED) is 0.178. The van der Waals surface area contributed by atoms with Crippen molar-refractivity contribution in [3.8, 4) is 0 Å². The Morgan fingerprint density at radius 2 is 1.64 bits per heavy atom. The van der Waals surface area contributed by atoms with E-state index in [9.17, 15) is 24.0 Å². The molecule has 4 atom stereocenters. The van der Waals surface area contributed by atoms with Gasteiger partial charge in [-0.2, -0.15) is 0 Å². The normalized spacial score (nSPS) is 29.6. The standard InChI is InChI=1S/C24H36N4O6S2/c1-6-16-21(30)28-20(14(4)5)24(33)34-15-9-7-8-10-35-36-12-17(22(31)25-16)26-23(32)19(13(2)3)27-18(29)11-15/h6-7,9,13-15,17,19-20H,8,10-12H2,1-5H3,(H,25,31)(H,26,32)(H,27,29)(H,28,30)/b9-7+,16-6+/t15?,17-,19-,20-/m0/s1. The molecular formula is C24H36N4O6S2. The Kier molecular flexibility index (Phi) is 11.8. The average molecular weight is 541 g/mol. The smallest absolute Gasteiger partial charge is 0.329 e. The Labute approximate surface area is 220 Å². The number of allylic oxidation sites excluding steroid dienone is 2. The van der Waals surface area contributed by atoms with Gasteiger partial charge in [-0.25, -0.2) is 4.79 Å². The lowest BCUT2D eigenvalue weighted by Crippen LogP contribution is -2.57. The van der Waals surface area contributed by atoms with E-state index >= 15 is 0 Å². The van der Waals surface area contributed by atoms with Gasteiger partial charge in [0.1, 0.15) is 29.9 Å². The zero-order valence-electron chi connectivity index (χ0n) is 21.3. The van der Waals surface area contributed by atoms with Gasteiger partial charge in [0, 0.05) is 11.5 Å². The molecule has 1 unspecified atom stereocenters. The van der Waals surface area contributed by atoms with Gasteiger partial charge < -0.3 is 26.0 Å². The lowest BCUT2D eigenvalue weighted by Gasteiger charge is -2.27. The van der Waals surface area contributed by atoms with Crippen molar-refractivity contribution >= 4 is 51.2 Å². The van der Waals surface area contributed by atoms with E-state index in [0.717, 1.165) is 0 Å². The number of rotatable bonds is 2. The van der Waals surface area contributed by atoms with Gasteiger partial charge in [-0.3, -0.25) is 19.2 Å². The van der Waals surface area contributed by atoms with E-state index in [0.29, 0.717) is 12.2 Å². The van der Waals surface area contributed by atoms with Crippen molar-refractivity contribution in [2.45, 2.75) is 71.7 Å². The molecule has 4 N–H and O–H groups in total. The van der Waals surface area contributed by atoms with Crippen LogP contribution >= 0.6 is 21.6 Å². The molecule has 200 valence electrons. The first kappa shape index (κ1) is 29.8. The minimum atomic E-state index is -1.00. The first-order valence-corrected chi connectivity index (χ1v) is 14.5. The van der Waals surface area contributed by atoms with E-state index in [2.05, 4.69) is 21.3 Å². The highest BCUT2D eigenvalue weighted by molar-refractivity contribution is 8.76. The minimum Gasteiger partial charge on any atom is -0.456 e. The number of nitrogens with one attached hydrogen (secondary N) is 4. The zero-order valence-corrected chi connectivity index (χ0v) is 22.9. The van der Waals surface area contributed by atoms with Crippen LogP contribution in [0, 0.1) is 11.8 Å². The molecule has 0 aliphatic carbocycles. The summed E-state index contributed by atoms with van der Waals surface area (Å²) >= 11 is 0. The van der Waals surface area contributed by atoms with Crippen molar-refractivity contribution in [2.24, 2.45) is 11.8 Å². The van der Waals surface area contributed by atoms with Gasteiger partial charge in [-0.1, -0.05) is 61.4 Å². The number of hydrogen-bond acceptors (Lipinski definition) is 8. The summed E-state index contributed by atoms with van der Waals surface area (Å²) in [7, 11) is 2.95. The molecule has 1 fully saturated rings. The van der Waals surface area contributed by atoms with Crippen LogP contribution in [-0.2, 0) is 28.7 Å². The van der Waals surface area contributed by atoms with Crippen molar-refractivity contribution in [1.82, 2.24) is 21.3 Å². The van der Waals surface area contributed by atoms with Crippen LogP contribution < -0.4 is 21.3 Å². The molecular weight excluding hydrogens is 504 g/mol. The van der Waals surface area contributed by atoms with Crippen LogP contribution in [0.3, 0.4) is 0 Å². The van der Waals surface area contributed by atoms with Gasteiger partial charge in [0.05, 0.1) is 6.42 Å². The summed E-state index contributed by atoms with van der Waals surface area (Å²) in [4.78, 5) is 65.2. The molecule has 2 heterocycles. The molecule has 0 spiro atoms. The fraction of sp³-hybridized carbons (Fsp3) is 0.625. The van der Waals surface area contributed by atoms with E-state index in [1.807, 2.05) is 6.08 Å². The molecule has 0 saturated carbocycles. The highest BCUT2D eigenvalue weighted by Crippen LogP contribution is 2.24. The largest absolute Gasteiger partial charge is 0.456 e. The molecule has 36 heavy (non-hydrogen) atoms. The maximum Gasteiger partial charge on any atom is 0.329 e. The van der Waals surface area contributed by atoms with Crippen LogP contribution in [0.25, 0.3) is 0 Å². The van der Waals surface area contributed by atoms with Crippen LogP contribution in [0.2, 0.25) is 0 Å². The van der Waals surface area contributed by atoms with E-state index in [4.69, 9.17) is 4.74 Å². The third kappa shape index (κ3) is 8.88. The summed E-state index contributed by atoms with van der Waals surface area (Å²) in [5.74, 6) is -2.54. The molecule has 2 aliphatic rings. The second-order valence-electron chi connectivity index (χ2n) is 9.24. The maximum absolute atomic E-state index is 13.2. The summed E-state index contributed by atoms with van der Waals surface area (Å²) in [5.41, 5.74) is -0.0445. The highest BCUT2D eigenvalue weighted by atomic mass is 33.1. The molecule has 2 aliphatic heterocycles. The molecule has 2 rings (SSSR count). The molecule has 12 heteroatoms. The predicted molar refractivity (Wildman–Crippen MR) is 141 cm³/mol. The van der Waals surface area contributed by atoms with Crippen LogP contribution in [0.4, 0.5) is 0 Å². The molecule has 0 aromatic heterocycles. The number of carbonyl (C=O) groups excluding carboxylic acids is 5. The van der Waals surface area contributed by atoms with Gasteiger partial charge in [0.2, 0.25) is 17.7 Å². The second-order valence-corrected chi connectivity index (χ2v) is 11.9. The average Bonchev–Trinajstić information content (AvgIpc) is 2.81. The second kappa shape index (κ2) is 14.3. The Morgan fingerprint density at radius 1 is 0.944 bits per heavy atom. The molecule has 10 nitrogen and oxygen atoms in total. The first-order chi connectivity index (χ1) is 17.0. The number of hydrogen-bond donors (Lipinski definition) is 4. The number of amides is 4. The Bertz CT molecular complexity index is 905. The van der Waals surface area contributed by atoms with Crippen molar-refractivity contribution in [1.29, 1.82) is 0 Å². The van der Waals surface area contributed by atoms with Crippen LogP contribution in [0.5, 0.6) is 0 Å². The molecule has 2 bridgehead atoms. The number of carbonyl (C=O) groups is 5. The van der Waals surface area contributed by atoms with Crippen molar-refractivity contribution < 1.29 is 28.7 Å². The number of fused-ring (bicyclic) bond motifs is 7. The fourth-order valence-electron chi connectivity index (χ4n) is 3.50. The summed E-state index contributed by atoms with van der Waals surface area (Å²) in [5, 5.41) is 10.7. The third-order valence-corrected chi connectivity index (χ3v) is 8.03. The van der Waals surface area contributed by atoms with Gasteiger partial charge >= 0.3 is 5.97 Å². The van der Waals surface area contributed by atoms with Crippen LogP contribution in [0.1, 0.15) is 47.5 Å². The Hall–Kier alpha value is -2.47. The van der Waals surface area contributed by atoms with Gasteiger partial charge in [-0.15, -0.1) is 0 Å². The molecule has 0 aromatic rings. The van der Waals surface area contributed by atoms with E-state index in [1.54, 1.807) is 40.7 Å². The zero-order chi connectivity index (χ0) is 26.8. The lowest BCUT2D eigenvalue weighted by molar-refractivity contribution is -0.153. The Morgan fingerprint density at radius 3 is 2.28 bits per heavy atom. The van der Waals surface area contributed by atoms with Crippen LogP contribution in [-0.4, -0.2) is 65.3 Å². The van der Waals surface area contributed by atoms with Crippen molar-refractivity contribution in [2.75, 3.05) is 11.5 Å². The van der Waals surface area contributed by atoms with E-state index in [1.165, 1.54) is 27.7 Å². The molecule has 0 aromatic carbocycles. The summed E-state index contributed by atoms with van der Waals surface area (Å²) in [6, 6.07) is -2.86. The van der Waals surface area contributed by atoms with Crippen molar-refractivity contribution in [3.05, 3.63) is 23.9 Å². The summed E-state index contributed by atoms with van der Waals surface area (Å²) < 4.78 is 5.65. The number of ether oxygens (including phenoxy) is 1. The first-order valence-electron chi connectivity index (χ1n) is 12.0. The fourth-order valence-corrected chi connectivity index (χ4v) is 5.66. The summed E-state index contributed by atoms with van der Waals surface area (Å²) in [6.45, 7) is 8.66.